The van der Waals surface area contributed by atoms with Crippen molar-refractivity contribution >= 4 is 5.91 Å². The summed E-state index contributed by atoms with van der Waals surface area (Å²) in [5.74, 6) is -0.0000175. The SMILES string of the molecule is CC(C)(CO)NC(=O)CCCc1ccccc1. The number of carbonyl (C=O) groups is 1. The Bertz CT molecular complexity index is 346. The summed E-state index contributed by atoms with van der Waals surface area (Å²) in [4.78, 5) is 11.6. The van der Waals surface area contributed by atoms with E-state index in [-0.39, 0.29) is 12.5 Å². The molecule has 0 heterocycles. The molecule has 0 radical (unpaired) electrons. The minimum Gasteiger partial charge on any atom is -0.394 e. The van der Waals surface area contributed by atoms with Gasteiger partial charge in [-0.2, -0.15) is 0 Å². The molecule has 0 aliphatic rings. The highest BCUT2D eigenvalue weighted by atomic mass is 16.3. The number of aliphatic hydroxyl groups excluding tert-OH is 1. The summed E-state index contributed by atoms with van der Waals surface area (Å²) in [6.07, 6.45) is 2.24. The minimum atomic E-state index is -0.524. The minimum absolute atomic E-state index is 0.0000175. The van der Waals surface area contributed by atoms with Gasteiger partial charge in [0.25, 0.3) is 0 Å². The summed E-state index contributed by atoms with van der Waals surface area (Å²) in [6, 6.07) is 10.1. The molecule has 1 aromatic carbocycles. The predicted octanol–water partition coefficient (Wildman–Crippen LogP) is 1.90. The number of amides is 1. The van der Waals surface area contributed by atoms with Crippen LogP contribution in [0.25, 0.3) is 0 Å². The summed E-state index contributed by atoms with van der Waals surface area (Å²) in [5.41, 5.74) is 0.728. The molecule has 0 unspecified atom stereocenters. The molecular formula is C14H21NO2. The molecule has 1 amide bonds. The van der Waals surface area contributed by atoms with Crippen molar-refractivity contribution in [3.8, 4) is 0 Å². The summed E-state index contributed by atoms with van der Waals surface area (Å²) in [7, 11) is 0. The topological polar surface area (TPSA) is 49.3 Å². The van der Waals surface area contributed by atoms with Crippen LogP contribution in [0.1, 0.15) is 32.3 Å². The number of hydrogen-bond acceptors (Lipinski definition) is 2. The van der Waals surface area contributed by atoms with E-state index in [0.717, 1.165) is 12.8 Å². The second kappa shape index (κ2) is 6.40. The zero-order chi connectivity index (χ0) is 12.7. The fourth-order valence-corrected chi connectivity index (χ4v) is 1.58. The van der Waals surface area contributed by atoms with E-state index in [4.69, 9.17) is 5.11 Å². The molecule has 0 bridgehead atoms. The molecule has 0 saturated heterocycles. The van der Waals surface area contributed by atoms with Crippen molar-refractivity contribution in [2.45, 2.75) is 38.6 Å². The number of carbonyl (C=O) groups excluding carboxylic acids is 1. The van der Waals surface area contributed by atoms with Crippen molar-refractivity contribution < 1.29 is 9.90 Å². The molecule has 2 N–H and O–H groups in total. The largest absolute Gasteiger partial charge is 0.394 e. The van der Waals surface area contributed by atoms with Crippen molar-refractivity contribution in [3.05, 3.63) is 35.9 Å². The van der Waals surface area contributed by atoms with Gasteiger partial charge in [-0.05, 0) is 32.3 Å². The first-order chi connectivity index (χ1) is 8.03. The number of rotatable bonds is 6. The lowest BCUT2D eigenvalue weighted by Crippen LogP contribution is -2.46. The Kier molecular flexibility index (Phi) is 5.16. The first-order valence-corrected chi connectivity index (χ1v) is 5.99. The van der Waals surface area contributed by atoms with Crippen LogP contribution in [0.2, 0.25) is 0 Å². The van der Waals surface area contributed by atoms with Crippen LogP contribution in [-0.4, -0.2) is 23.2 Å². The van der Waals surface area contributed by atoms with Gasteiger partial charge in [0.2, 0.25) is 5.91 Å². The van der Waals surface area contributed by atoms with Gasteiger partial charge >= 0.3 is 0 Å². The molecule has 0 spiro atoms. The quantitative estimate of drug-likeness (QED) is 0.791. The van der Waals surface area contributed by atoms with Crippen LogP contribution in [0.5, 0.6) is 0 Å². The first-order valence-electron chi connectivity index (χ1n) is 5.99. The maximum Gasteiger partial charge on any atom is 0.220 e. The summed E-state index contributed by atoms with van der Waals surface area (Å²) < 4.78 is 0. The molecule has 0 aliphatic carbocycles. The zero-order valence-electron chi connectivity index (χ0n) is 10.6. The lowest BCUT2D eigenvalue weighted by atomic mass is 10.1. The van der Waals surface area contributed by atoms with Crippen molar-refractivity contribution in [1.29, 1.82) is 0 Å². The number of aryl methyl sites for hydroxylation is 1. The van der Waals surface area contributed by atoms with Crippen molar-refractivity contribution in [2.75, 3.05) is 6.61 Å². The van der Waals surface area contributed by atoms with E-state index >= 15 is 0 Å². The third kappa shape index (κ3) is 5.50. The third-order valence-electron chi connectivity index (χ3n) is 2.59. The van der Waals surface area contributed by atoms with E-state index in [0.29, 0.717) is 6.42 Å². The van der Waals surface area contributed by atoms with Crippen LogP contribution < -0.4 is 5.32 Å². The highest BCUT2D eigenvalue weighted by Crippen LogP contribution is 2.06. The fraction of sp³-hybridized carbons (Fsp3) is 0.500. The van der Waals surface area contributed by atoms with Gasteiger partial charge in [-0.3, -0.25) is 4.79 Å². The standard InChI is InChI=1S/C14H21NO2/c1-14(2,11-16)15-13(17)10-6-9-12-7-4-3-5-8-12/h3-5,7-8,16H,6,9-11H2,1-2H3,(H,15,17). The van der Waals surface area contributed by atoms with Gasteiger partial charge in [-0.25, -0.2) is 0 Å². The third-order valence-corrected chi connectivity index (χ3v) is 2.59. The molecule has 0 saturated carbocycles. The van der Waals surface area contributed by atoms with Gasteiger partial charge in [-0.15, -0.1) is 0 Å². The number of nitrogens with one attached hydrogen (secondary N) is 1. The Balaban J connectivity index is 2.25. The Morgan fingerprint density at radius 3 is 2.53 bits per heavy atom. The summed E-state index contributed by atoms with van der Waals surface area (Å²) in [5, 5.41) is 11.8. The lowest BCUT2D eigenvalue weighted by Gasteiger charge is -2.23. The van der Waals surface area contributed by atoms with Crippen LogP contribution in [0, 0.1) is 0 Å². The molecule has 17 heavy (non-hydrogen) atoms. The highest BCUT2D eigenvalue weighted by Gasteiger charge is 2.18. The lowest BCUT2D eigenvalue weighted by molar-refractivity contribution is -0.123. The van der Waals surface area contributed by atoms with Crippen LogP contribution >= 0.6 is 0 Å². The van der Waals surface area contributed by atoms with Crippen LogP contribution in [0.4, 0.5) is 0 Å². The molecule has 1 rings (SSSR count). The second-order valence-electron chi connectivity index (χ2n) is 4.93. The molecular weight excluding hydrogens is 214 g/mol. The molecule has 0 fully saturated rings. The summed E-state index contributed by atoms with van der Waals surface area (Å²) >= 11 is 0. The first kappa shape index (κ1) is 13.7. The maximum absolute atomic E-state index is 11.6. The number of benzene rings is 1. The molecule has 0 atom stereocenters. The molecule has 1 aromatic rings. The summed E-state index contributed by atoms with van der Waals surface area (Å²) in [6.45, 7) is 3.57. The van der Waals surface area contributed by atoms with Crippen molar-refractivity contribution in [1.82, 2.24) is 5.32 Å². The molecule has 0 aromatic heterocycles. The maximum atomic E-state index is 11.6. The van der Waals surface area contributed by atoms with Gasteiger partial charge in [0, 0.05) is 6.42 Å². The smallest absolute Gasteiger partial charge is 0.220 e. The van der Waals surface area contributed by atoms with Crippen molar-refractivity contribution in [3.63, 3.8) is 0 Å². The monoisotopic (exact) mass is 235 g/mol. The highest BCUT2D eigenvalue weighted by molar-refractivity contribution is 5.76. The van der Waals surface area contributed by atoms with Gasteiger partial charge in [0.05, 0.1) is 12.1 Å². The van der Waals surface area contributed by atoms with E-state index in [1.165, 1.54) is 5.56 Å². The van der Waals surface area contributed by atoms with Crippen molar-refractivity contribution in [2.24, 2.45) is 0 Å². The Labute approximate surface area is 103 Å². The van der Waals surface area contributed by atoms with Crippen LogP contribution in [0.15, 0.2) is 30.3 Å². The second-order valence-corrected chi connectivity index (χ2v) is 4.93. The van der Waals surface area contributed by atoms with E-state index < -0.39 is 5.54 Å². The van der Waals surface area contributed by atoms with Gasteiger partial charge < -0.3 is 10.4 Å². The van der Waals surface area contributed by atoms with E-state index in [1.54, 1.807) is 0 Å². The Morgan fingerprint density at radius 2 is 1.94 bits per heavy atom. The average Bonchev–Trinajstić information content (AvgIpc) is 2.30. The zero-order valence-corrected chi connectivity index (χ0v) is 10.6. The van der Waals surface area contributed by atoms with Gasteiger partial charge in [-0.1, -0.05) is 30.3 Å². The van der Waals surface area contributed by atoms with E-state index in [9.17, 15) is 4.79 Å². The van der Waals surface area contributed by atoms with Gasteiger partial charge in [0.1, 0.15) is 0 Å². The molecule has 3 heteroatoms. The van der Waals surface area contributed by atoms with Gasteiger partial charge in [0.15, 0.2) is 0 Å². The fourth-order valence-electron chi connectivity index (χ4n) is 1.58. The van der Waals surface area contributed by atoms with Crippen LogP contribution in [0.3, 0.4) is 0 Å². The predicted molar refractivity (Wildman–Crippen MR) is 68.7 cm³/mol. The number of hydrogen-bond donors (Lipinski definition) is 2. The molecule has 3 nitrogen and oxygen atoms in total. The average molecular weight is 235 g/mol. The Morgan fingerprint density at radius 1 is 1.29 bits per heavy atom. The molecule has 0 aliphatic heterocycles. The number of aliphatic hydroxyl groups is 1. The van der Waals surface area contributed by atoms with E-state index in [2.05, 4.69) is 17.4 Å². The Hall–Kier alpha value is -1.35. The normalized spacial score (nSPS) is 11.2. The van der Waals surface area contributed by atoms with E-state index in [1.807, 2.05) is 32.0 Å². The molecule has 94 valence electrons. The van der Waals surface area contributed by atoms with Crippen LogP contribution in [-0.2, 0) is 11.2 Å².